The lowest BCUT2D eigenvalue weighted by Crippen LogP contribution is -2.26. The summed E-state index contributed by atoms with van der Waals surface area (Å²) in [6.45, 7) is 2.02. The lowest BCUT2D eigenvalue weighted by atomic mass is 10.2. The van der Waals surface area contributed by atoms with Gasteiger partial charge >= 0.3 is 11.9 Å². The van der Waals surface area contributed by atoms with Crippen LogP contribution in [0.25, 0.3) is 0 Å². The van der Waals surface area contributed by atoms with Gasteiger partial charge in [-0.05, 0) is 19.8 Å². The fourth-order valence-corrected chi connectivity index (χ4v) is 1.17. The third-order valence-electron chi connectivity index (χ3n) is 2.09. The second-order valence-electron chi connectivity index (χ2n) is 3.40. The maximum atomic E-state index is 11.3. The van der Waals surface area contributed by atoms with E-state index in [0.29, 0.717) is 12.3 Å². The van der Waals surface area contributed by atoms with Crippen molar-refractivity contribution in [2.75, 3.05) is 20.3 Å². The Balaban J connectivity index is 2.39. The maximum absolute atomic E-state index is 11.3. The number of methoxy groups -OCH3 is 1. The van der Waals surface area contributed by atoms with Crippen LogP contribution in [0, 0.1) is 5.92 Å². The highest BCUT2D eigenvalue weighted by molar-refractivity contribution is 6.37. The van der Waals surface area contributed by atoms with Gasteiger partial charge in [0.25, 0.3) is 0 Å². The quantitative estimate of drug-likeness (QED) is 0.395. The summed E-state index contributed by atoms with van der Waals surface area (Å²) in [4.78, 5) is 22.3. The summed E-state index contributed by atoms with van der Waals surface area (Å²) in [5.41, 5.74) is 2.87. The van der Waals surface area contributed by atoms with Crippen molar-refractivity contribution in [2.45, 2.75) is 19.8 Å². The lowest BCUT2D eigenvalue weighted by molar-refractivity contribution is -0.142. The van der Waals surface area contributed by atoms with E-state index in [1.54, 1.807) is 6.92 Å². The van der Waals surface area contributed by atoms with Crippen molar-refractivity contribution in [3.8, 4) is 0 Å². The summed E-state index contributed by atoms with van der Waals surface area (Å²) in [6.07, 6.45) is 1.88. The predicted molar refractivity (Wildman–Crippen MR) is 56.8 cm³/mol. The zero-order chi connectivity index (χ0) is 12.0. The van der Waals surface area contributed by atoms with Gasteiger partial charge < -0.3 is 9.47 Å². The molecule has 1 aliphatic carbocycles. The molecule has 0 aromatic carbocycles. The van der Waals surface area contributed by atoms with Crippen molar-refractivity contribution in [3.63, 3.8) is 0 Å². The summed E-state index contributed by atoms with van der Waals surface area (Å²) in [7, 11) is 1.31. The van der Waals surface area contributed by atoms with E-state index < -0.39 is 11.9 Å². The molecule has 1 saturated carbocycles. The number of rotatable bonds is 6. The van der Waals surface area contributed by atoms with Crippen LogP contribution >= 0.6 is 0 Å². The molecule has 0 saturated heterocycles. The molecule has 0 aromatic rings. The summed E-state index contributed by atoms with van der Waals surface area (Å²) < 4.78 is 9.29. The summed E-state index contributed by atoms with van der Waals surface area (Å²) in [6, 6.07) is 0. The number of hydrazone groups is 1. The van der Waals surface area contributed by atoms with Gasteiger partial charge in [-0.3, -0.25) is 10.2 Å². The van der Waals surface area contributed by atoms with E-state index in [0.717, 1.165) is 12.8 Å². The first kappa shape index (κ1) is 12.5. The number of esters is 2. The third-order valence-corrected chi connectivity index (χ3v) is 2.09. The number of carbonyl (C=O) groups excluding carboxylic acids is 2. The molecular weight excluding hydrogens is 212 g/mol. The van der Waals surface area contributed by atoms with Crippen molar-refractivity contribution < 1.29 is 19.1 Å². The number of hydrogen-bond acceptors (Lipinski definition) is 6. The van der Waals surface area contributed by atoms with Gasteiger partial charge in [0.05, 0.1) is 13.7 Å². The number of ether oxygens (including phenoxy) is 2. The van der Waals surface area contributed by atoms with Crippen LogP contribution < -0.4 is 5.43 Å². The normalized spacial score (nSPS) is 15.5. The Hall–Kier alpha value is -1.59. The molecule has 0 atom stereocenters. The summed E-state index contributed by atoms with van der Waals surface area (Å²) in [5.74, 6) is -0.674. The minimum atomic E-state index is -0.446. The zero-order valence-corrected chi connectivity index (χ0v) is 9.49. The highest BCUT2D eigenvalue weighted by Crippen LogP contribution is 2.30. The topological polar surface area (TPSA) is 77.0 Å². The predicted octanol–water partition coefficient (Wildman–Crippen LogP) is 0.0781. The second kappa shape index (κ2) is 6.09. The molecule has 90 valence electrons. The first-order chi connectivity index (χ1) is 7.69. The monoisotopic (exact) mass is 228 g/mol. The van der Waals surface area contributed by atoms with Gasteiger partial charge in [0.1, 0.15) is 12.3 Å². The van der Waals surface area contributed by atoms with Crippen LogP contribution in [0.4, 0.5) is 0 Å². The average molecular weight is 228 g/mol. The van der Waals surface area contributed by atoms with E-state index in [1.165, 1.54) is 7.11 Å². The van der Waals surface area contributed by atoms with Gasteiger partial charge in [-0.2, -0.15) is 5.10 Å². The molecule has 1 fully saturated rings. The first-order valence-electron chi connectivity index (χ1n) is 5.23. The number of nitrogens with zero attached hydrogens (tertiary/aromatic N) is 1. The Morgan fingerprint density at radius 1 is 1.44 bits per heavy atom. The van der Waals surface area contributed by atoms with Crippen molar-refractivity contribution in [2.24, 2.45) is 11.0 Å². The van der Waals surface area contributed by atoms with Crippen LogP contribution in [-0.4, -0.2) is 37.9 Å². The van der Waals surface area contributed by atoms with Crippen LogP contribution in [0.1, 0.15) is 19.8 Å². The molecular formula is C10H16N2O4. The molecule has 1 N–H and O–H groups in total. The first-order valence-corrected chi connectivity index (χ1v) is 5.23. The molecule has 0 heterocycles. The Bertz CT molecular complexity index is 297. The number of nitrogens with one attached hydrogen (secondary N) is 1. The van der Waals surface area contributed by atoms with Crippen LogP contribution in [0.15, 0.2) is 5.10 Å². The molecule has 16 heavy (non-hydrogen) atoms. The van der Waals surface area contributed by atoms with E-state index in [4.69, 9.17) is 4.74 Å². The lowest BCUT2D eigenvalue weighted by Gasteiger charge is -2.04. The van der Waals surface area contributed by atoms with Gasteiger partial charge in [-0.1, -0.05) is 0 Å². The molecule has 6 nitrogen and oxygen atoms in total. The number of carbonyl (C=O) groups is 2. The fraction of sp³-hybridized carbons (Fsp3) is 0.700. The molecule has 1 aliphatic rings. The van der Waals surface area contributed by atoms with E-state index in [1.807, 2.05) is 0 Å². The molecule has 0 unspecified atom stereocenters. The molecule has 0 radical (unpaired) electrons. The van der Waals surface area contributed by atoms with Crippen molar-refractivity contribution in [1.82, 2.24) is 5.43 Å². The van der Waals surface area contributed by atoms with Gasteiger partial charge in [-0.25, -0.2) is 4.79 Å². The van der Waals surface area contributed by atoms with Crippen LogP contribution in [0.5, 0.6) is 0 Å². The van der Waals surface area contributed by atoms with Crippen molar-refractivity contribution >= 4 is 17.7 Å². The molecule has 0 aliphatic heterocycles. The Morgan fingerprint density at radius 2 is 2.12 bits per heavy atom. The van der Waals surface area contributed by atoms with Gasteiger partial charge in [0, 0.05) is 5.92 Å². The number of hydrogen-bond donors (Lipinski definition) is 1. The second-order valence-corrected chi connectivity index (χ2v) is 3.40. The fourth-order valence-electron chi connectivity index (χ4n) is 1.17. The highest BCUT2D eigenvalue weighted by Gasteiger charge is 2.33. The Labute approximate surface area is 94.0 Å². The Kier molecular flexibility index (Phi) is 4.75. The SMILES string of the molecule is CCOC(=O)CN/N=C(/C(=O)OC)C1CC1. The van der Waals surface area contributed by atoms with E-state index in [2.05, 4.69) is 15.3 Å². The van der Waals surface area contributed by atoms with Gasteiger partial charge in [-0.15, -0.1) is 0 Å². The Morgan fingerprint density at radius 3 is 2.62 bits per heavy atom. The summed E-state index contributed by atoms with van der Waals surface area (Å²) >= 11 is 0. The molecule has 1 rings (SSSR count). The third kappa shape index (κ3) is 3.88. The molecule has 0 bridgehead atoms. The zero-order valence-electron chi connectivity index (χ0n) is 9.49. The van der Waals surface area contributed by atoms with E-state index in [-0.39, 0.29) is 12.5 Å². The van der Waals surface area contributed by atoms with Crippen LogP contribution in [0.2, 0.25) is 0 Å². The molecule has 0 spiro atoms. The maximum Gasteiger partial charge on any atom is 0.354 e. The highest BCUT2D eigenvalue weighted by atomic mass is 16.5. The minimum Gasteiger partial charge on any atom is -0.465 e. The standard InChI is InChI=1S/C10H16N2O4/c1-3-16-8(13)6-11-12-9(7-4-5-7)10(14)15-2/h7,11H,3-6H2,1-2H3/b12-9+. The molecule has 0 aromatic heterocycles. The average Bonchev–Trinajstić information content (AvgIpc) is 3.08. The largest absolute Gasteiger partial charge is 0.465 e. The minimum absolute atomic E-state index is 0.0406. The van der Waals surface area contributed by atoms with Crippen LogP contribution in [-0.2, 0) is 19.1 Å². The van der Waals surface area contributed by atoms with Crippen LogP contribution in [0.3, 0.4) is 0 Å². The summed E-state index contributed by atoms with van der Waals surface area (Å²) in [5, 5.41) is 3.87. The van der Waals surface area contributed by atoms with Crippen molar-refractivity contribution in [1.29, 1.82) is 0 Å². The molecule has 0 amide bonds. The van der Waals surface area contributed by atoms with Gasteiger partial charge in [0.2, 0.25) is 0 Å². The smallest absolute Gasteiger partial charge is 0.354 e. The van der Waals surface area contributed by atoms with Crippen molar-refractivity contribution in [3.05, 3.63) is 0 Å². The van der Waals surface area contributed by atoms with Gasteiger partial charge in [0.15, 0.2) is 0 Å². The molecule has 6 heteroatoms. The van der Waals surface area contributed by atoms with E-state index >= 15 is 0 Å². The van der Waals surface area contributed by atoms with E-state index in [9.17, 15) is 9.59 Å².